The molecule has 0 amide bonds. The molecule has 1 aliphatic heterocycles. The third-order valence-electron chi connectivity index (χ3n) is 6.53. The molecule has 5 rings (SSSR count). The van der Waals surface area contributed by atoms with Gasteiger partial charge in [-0.3, -0.25) is 4.79 Å². The number of benzene rings is 3. The van der Waals surface area contributed by atoms with Crippen molar-refractivity contribution >= 4 is 5.97 Å². The highest BCUT2D eigenvalue weighted by Gasteiger charge is 2.47. The summed E-state index contributed by atoms with van der Waals surface area (Å²) >= 11 is 0. The molecule has 3 aromatic rings. The molecule has 3 aromatic carbocycles. The molecule has 0 fully saturated rings. The Morgan fingerprint density at radius 3 is 2.44 bits per heavy atom. The van der Waals surface area contributed by atoms with E-state index < -0.39 is 23.7 Å². The van der Waals surface area contributed by atoms with Gasteiger partial charge in [0, 0.05) is 23.5 Å². The van der Waals surface area contributed by atoms with Crippen molar-refractivity contribution in [1.29, 1.82) is 0 Å². The van der Waals surface area contributed by atoms with Gasteiger partial charge in [0.15, 0.2) is 11.5 Å². The van der Waals surface area contributed by atoms with Crippen LogP contribution >= 0.6 is 0 Å². The molecule has 2 N–H and O–H groups in total. The minimum absolute atomic E-state index is 0.00670. The molecule has 1 aliphatic carbocycles. The first-order valence-corrected chi connectivity index (χ1v) is 11.3. The second kappa shape index (κ2) is 8.82. The summed E-state index contributed by atoms with van der Waals surface area (Å²) in [4.78, 5) is 12.8. The van der Waals surface area contributed by atoms with E-state index in [1.807, 2.05) is 43.3 Å². The molecule has 3 atom stereocenters. The zero-order valence-corrected chi connectivity index (χ0v) is 19.0. The highest BCUT2D eigenvalue weighted by molar-refractivity contribution is 5.78. The largest absolute Gasteiger partial charge is 0.508 e. The quantitative estimate of drug-likeness (QED) is 0.516. The van der Waals surface area contributed by atoms with Gasteiger partial charge < -0.3 is 29.2 Å². The number of hydrogen-bond donors (Lipinski definition) is 2. The maximum absolute atomic E-state index is 12.8. The van der Waals surface area contributed by atoms with E-state index >= 15 is 0 Å². The minimum Gasteiger partial charge on any atom is -0.508 e. The van der Waals surface area contributed by atoms with Gasteiger partial charge in [-0.15, -0.1) is 0 Å². The summed E-state index contributed by atoms with van der Waals surface area (Å²) in [6, 6.07) is 16.3. The van der Waals surface area contributed by atoms with Gasteiger partial charge in [-0.05, 0) is 53.4 Å². The van der Waals surface area contributed by atoms with Crippen LogP contribution in [-0.2, 0) is 4.79 Å². The molecular weight excluding hydrogens is 436 g/mol. The number of aromatic hydroxyl groups is 1. The van der Waals surface area contributed by atoms with Crippen molar-refractivity contribution in [3.05, 3.63) is 76.9 Å². The number of fused-ring (bicyclic) bond motifs is 2. The molecule has 176 valence electrons. The summed E-state index contributed by atoms with van der Waals surface area (Å²) in [5.74, 6) is -0.428. The van der Waals surface area contributed by atoms with Crippen molar-refractivity contribution in [1.82, 2.24) is 0 Å². The summed E-state index contributed by atoms with van der Waals surface area (Å²) in [5, 5.41) is 21.3. The molecule has 0 unspecified atom stereocenters. The van der Waals surface area contributed by atoms with E-state index in [9.17, 15) is 15.0 Å². The minimum atomic E-state index is -0.949. The maximum Gasteiger partial charge on any atom is 0.308 e. The smallest absolute Gasteiger partial charge is 0.308 e. The molecule has 7 nitrogen and oxygen atoms in total. The van der Waals surface area contributed by atoms with Crippen LogP contribution in [0.15, 0.2) is 54.6 Å². The van der Waals surface area contributed by atoms with Crippen LogP contribution in [0.2, 0.25) is 0 Å². The standard InChI is InChI=1S/C27H26O7/c1-3-10-32-17-6-7-18-20(12-17)25(19-8-5-16(31-2)13-21(19)28)26(27(29)30)24(18)15-4-9-22-23(11-15)34-14-33-22/h4-9,11-13,24-26,28H,3,10,14H2,1-2H3,(H,29,30)/t24-,25+,26-/m0/s1. The topological polar surface area (TPSA) is 94.5 Å². The second-order valence-electron chi connectivity index (χ2n) is 8.50. The molecule has 0 saturated heterocycles. The Hall–Kier alpha value is -3.87. The fourth-order valence-corrected chi connectivity index (χ4v) is 5.05. The zero-order chi connectivity index (χ0) is 23.8. The summed E-state index contributed by atoms with van der Waals surface area (Å²) in [5.41, 5.74) is 3.06. The van der Waals surface area contributed by atoms with Gasteiger partial charge in [-0.1, -0.05) is 25.1 Å². The van der Waals surface area contributed by atoms with Crippen molar-refractivity contribution in [3.63, 3.8) is 0 Å². The highest BCUT2D eigenvalue weighted by Crippen LogP contribution is 2.55. The van der Waals surface area contributed by atoms with Crippen LogP contribution in [0.5, 0.6) is 28.7 Å². The van der Waals surface area contributed by atoms with Gasteiger partial charge in [0.2, 0.25) is 6.79 Å². The molecule has 1 heterocycles. The lowest BCUT2D eigenvalue weighted by Crippen LogP contribution is -2.24. The average Bonchev–Trinajstić information content (AvgIpc) is 3.44. The van der Waals surface area contributed by atoms with Crippen LogP contribution in [0.1, 0.15) is 47.4 Å². The maximum atomic E-state index is 12.8. The van der Waals surface area contributed by atoms with Gasteiger partial charge in [0.05, 0.1) is 19.6 Å². The fourth-order valence-electron chi connectivity index (χ4n) is 5.05. The molecule has 34 heavy (non-hydrogen) atoms. The van der Waals surface area contributed by atoms with Crippen LogP contribution in [-0.4, -0.2) is 36.7 Å². The Bertz CT molecular complexity index is 1240. The van der Waals surface area contributed by atoms with E-state index in [2.05, 4.69) is 0 Å². The molecule has 2 aliphatic rings. The van der Waals surface area contributed by atoms with E-state index in [1.54, 1.807) is 12.1 Å². The average molecular weight is 462 g/mol. The molecule has 0 spiro atoms. The number of aliphatic carboxylic acids is 1. The van der Waals surface area contributed by atoms with E-state index in [1.165, 1.54) is 13.2 Å². The molecule has 0 aromatic heterocycles. The number of methoxy groups -OCH3 is 1. The first-order chi connectivity index (χ1) is 16.5. The number of carbonyl (C=O) groups is 1. The van der Waals surface area contributed by atoms with Crippen molar-refractivity contribution in [2.24, 2.45) is 5.92 Å². The number of hydrogen-bond acceptors (Lipinski definition) is 6. The Balaban J connectivity index is 1.68. The number of carboxylic acids is 1. The third kappa shape index (κ3) is 3.67. The van der Waals surface area contributed by atoms with Gasteiger partial charge >= 0.3 is 5.97 Å². The van der Waals surface area contributed by atoms with E-state index in [4.69, 9.17) is 18.9 Å². The second-order valence-corrected chi connectivity index (χ2v) is 8.50. The lowest BCUT2D eigenvalue weighted by atomic mass is 9.79. The molecular formula is C27H26O7. The van der Waals surface area contributed by atoms with Crippen LogP contribution in [0.4, 0.5) is 0 Å². The van der Waals surface area contributed by atoms with Gasteiger partial charge in [0.1, 0.15) is 17.2 Å². The summed E-state index contributed by atoms with van der Waals surface area (Å²) in [6.07, 6.45) is 0.858. The molecule has 0 radical (unpaired) electrons. The van der Waals surface area contributed by atoms with E-state index in [0.29, 0.717) is 35.2 Å². The monoisotopic (exact) mass is 462 g/mol. The van der Waals surface area contributed by atoms with Gasteiger partial charge in [-0.2, -0.15) is 0 Å². The van der Waals surface area contributed by atoms with Crippen molar-refractivity contribution < 1.29 is 34.0 Å². The van der Waals surface area contributed by atoms with Crippen molar-refractivity contribution in [2.45, 2.75) is 25.2 Å². The Morgan fingerprint density at radius 1 is 0.941 bits per heavy atom. The Morgan fingerprint density at radius 2 is 1.71 bits per heavy atom. The molecule has 0 bridgehead atoms. The summed E-state index contributed by atoms with van der Waals surface area (Å²) < 4.78 is 22.1. The van der Waals surface area contributed by atoms with Crippen molar-refractivity contribution in [2.75, 3.05) is 20.5 Å². The first kappa shape index (κ1) is 21.9. The molecule has 0 saturated carbocycles. The summed E-state index contributed by atoms with van der Waals surface area (Å²) in [7, 11) is 1.52. The molecule has 7 heteroatoms. The van der Waals surface area contributed by atoms with Crippen LogP contribution in [0, 0.1) is 5.92 Å². The number of phenolic OH excluding ortho intramolecular Hbond substituents is 1. The number of rotatable bonds is 7. The number of ether oxygens (including phenoxy) is 4. The Labute approximate surface area is 197 Å². The highest BCUT2D eigenvalue weighted by atomic mass is 16.7. The number of carboxylic acid groups (broad SMARTS) is 1. The van der Waals surface area contributed by atoms with Crippen LogP contribution in [0.3, 0.4) is 0 Å². The predicted molar refractivity (Wildman–Crippen MR) is 124 cm³/mol. The van der Waals surface area contributed by atoms with E-state index in [-0.39, 0.29) is 12.5 Å². The Kier molecular flexibility index (Phi) is 5.69. The van der Waals surface area contributed by atoms with Crippen LogP contribution < -0.4 is 18.9 Å². The first-order valence-electron chi connectivity index (χ1n) is 11.3. The zero-order valence-electron chi connectivity index (χ0n) is 19.0. The van der Waals surface area contributed by atoms with Gasteiger partial charge in [-0.25, -0.2) is 0 Å². The van der Waals surface area contributed by atoms with Crippen LogP contribution in [0.25, 0.3) is 0 Å². The SMILES string of the molecule is CCCOc1ccc2c(c1)[C@@H](c1ccc(OC)cc1O)[C@@H](C(=O)O)[C@H]2c1ccc2c(c1)OCO2. The summed E-state index contributed by atoms with van der Waals surface area (Å²) in [6.45, 7) is 2.73. The van der Waals surface area contributed by atoms with Crippen molar-refractivity contribution in [3.8, 4) is 28.7 Å². The number of phenols is 1. The predicted octanol–water partition coefficient (Wildman–Crippen LogP) is 4.90. The lowest BCUT2D eigenvalue weighted by molar-refractivity contribution is -0.142. The third-order valence-corrected chi connectivity index (χ3v) is 6.53. The lowest BCUT2D eigenvalue weighted by Gasteiger charge is -2.23. The van der Waals surface area contributed by atoms with E-state index in [0.717, 1.165) is 23.1 Å². The fraction of sp³-hybridized carbons (Fsp3) is 0.296. The normalized spacial score (nSPS) is 20.1. The van der Waals surface area contributed by atoms with Gasteiger partial charge in [0.25, 0.3) is 0 Å².